The van der Waals surface area contributed by atoms with Crippen LogP contribution in [0.15, 0.2) is 24.3 Å². The van der Waals surface area contributed by atoms with E-state index in [1.807, 2.05) is 5.32 Å². The van der Waals surface area contributed by atoms with Crippen molar-refractivity contribution in [2.24, 2.45) is 16.7 Å². The first-order valence-electron chi connectivity index (χ1n) is 6.36. The number of hydrogen-bond donors (Lipinski definition) is 1. The van der Waals surface area contributed by atoms with Gasteiger partial charge in [0.05, 0.1) is 25.2 Å². The van der Waals surface area contributed by atoms with Crippen molar-refractivity contribution in [3.8, 4) is 17.9 Å². The highest BCUT2D eigenvalue weighted by molar-refractivity contribution is 6.24. The van der Waals surface area contributed by atoms with Crippen molar-refractivity contribution in [3.05, 3.63) is 29.8 Å². The number of piperidine rings is 1. The molecule has 2 fully saturated rings. The Balaban J connectivity index is 2.04. The van der Waals surface area contributed by atoms with Gasteiger partial charge in [-0.3, -0.25) is 19.7 Å². The number of Topliss-reactive ketones (excluding diaryl/α,β-unsaturated/α-hetero) is 1. The number of fused-ring (bicyclic) bond motifs is 1. The van der Waals surface area contributed by atoms with Crippen LogP contribution in [0, 0.1) is 39.4 Å². The average molecular weight is 295 g/mol. The number of nitrogens with zero attached hydrogens (tertiary/aromatic N) is 2. The molecular formula is C15H9N3O4. The minimum atomic E-state index is -1.92. The van der Waals surface area contributed by atoms with Gasteiger partial charge in [0, 0.05) is 5.56 Å². The lowest BCUT2D eigenvalue weighted by Crippen LogP contribution is -2.34. The standard InChI is InChI=1S/C15H9N3O4/c1-22-9-4-2-8(3-5-9)10(19)11-14(6-16)12(20)18-13(21)15(11,14)7-17/h2-5,11H,1H3,(H,18,20,21). The Kier molecular flexibility index (Phi) is 2.60. The fourth-order valence-corrected chi connectivity index (χ4v) is 3.12. The summed E-state index contributed by atoms with van der Waals surface area (Å²) in [5.74, 6) is -3.08. The molecule has 7 nitrogen and oxygen atoms in total. The van der Waals surface area contributed by atoms with Gasteiger partial charge in [0.25, 0.3) is 0 Å². The van der Waals surface area contributed by atoms with E-state index in [2.05, 4.69) is 0 Å². The third-order valence-electron chi connectivity index (χ3n) is 4.34. The first kappa shape index (κ1) is 13.8. The van der Waals surface area contributed by atoms with Crippen LogP contribution in [0.2, 0.25) is 0 Å². The van der Waals surface area contributed by atoms with Crippen molar-refractivity contribution < 1.29 is 19.1 Å². The molecule has 0 spiro atoms. The monoisotopic (exact) mass is 295 g/mol. The van der Waals surface area contributed by atoms with Gasteiger partial charge in [-0.15, -0.1) is 0 Å². The second-order valence-corrected chi connectivity index (χ2v) is 5.15. The van der Waals surface area contributed by atoms with Gasteiger partial charge in [-0.2, -0.15) is 10.5 Å². The maximum Gasteiger partial charge on any atom is 0.250 e. The van der Waals surface area contributed by atoms with Crippen LogP contribution >= 0.6 is 0 Å². The largest absolute Gasteiger partial charge is 0.497 e. The first-order chi connectivity index (χ1) is 10.5. The summed E-state index contributed by atoms with van der Waals surface area (Å²) in [6.07, 6.45) is 0. The molecule has 1 saturated carbocycles. The van der Waals surface area contributed by atoms with Crippen molar-refractivity contribution in [3.63, 3.8) is 0 Å². The maximum absolute atomic E-state index is 12.6. The number of methoxy groups -OCH3 is 1. The lowest BCUT2D eigenvalue weighted by molar-refractivity contribution is -0.129. The normalized spacial score (nSPS) is 31.5. The number of carbonyl (C=O) groups is 3. The zero-order valence-electron chi connectivity index (χ0n) is 11.4. The van der Waals surface area contributed by atoms with E-state index in [0.29, 0.717) is 5.75 Å². The molecule has 1 saturated heterocycles. The molecule has 108 valence electrons. The van der Waals surface area contributed by atoms with E-state index in [0.717, 1.165) is 0 Å². The van der Waals surface area contributed by atoms with E-state index in [1.165, 1.54) is 19.2 Å². The molecule has 1 N–H and O–H groups in total. The van der Waals surface area contributed by atoms with Crippen LogP contribution in [0.25, 0.3) is 0 Å². The van der Waals surface area contributed by atoms with Crippen LogP contribution < -0.4 is 10.1 Å². The predicted molar refractivity (Wildman–Crippen MR) is 70.1 cm³/mol. The predicted octanol–water partition coefficient (Wildman–Crippen LogP) is 0.184. The van der Waals surface area contributed by atoms with Crippen molar-refractivity contribution in [1.29, 1.82) is 10.5 Å². The second-order valence-electron chi connectivity index (χ2n) is 5.15. The maximum atomic E-state index is 12.6. The van der Waals surface area contributed by atoms with Gasteiger partial charge in [0.1, 0.15) is 5.75 Å². The van der Waals surface area contributed by atoms with E-state index >= 15 is 0 Å². The molecule has 0 radical (unpaired) electrons. The number of carbonyl (C=O) groups excluding carboxylic acids is 3. The second kappa shape index (κ2) is 4.15. The van der Waals surface area contributed by atoms with E-state index < -0.39 is 34.3 Å². The Bertz CT molecular complexity index is 764. The molecule has 0 bridgehead atoms. The molecule has 0 aromatic heterocycles. The summed E-state index contributed by atoms with van der Waals surface area (Å²) in [6.45, 7) is 0. The van der Waals surface area contributed by atoms with Crippen LogP contribution in [-0.4, -0.2) is 24.7 Å². The highest BCUT2D eigenvalue weighted by Gasteiger charge is 2.92. The number of amides is 2. The van der Waals surface area contributed by atoms with Gasteiger partial charge in [-0.25, -0.2) is 0 Å². The van der Waals surface area contributed by atoms with Crippen molar-refractivity contribution >= 4 is 17.6 Å². The molecule has 1 heterocycles. The number of imide groups is 1. The molecule has 1 aromatic rings. The summed E-state index contributed by atoms with van der Waals surface area (Å²) in [5, 5.41) is 20.6. The molecule has 1 aliphatic carbocycles. The van der Waals surface area contributed by atoms with E-state index in [4.69, 9.17) is 4.74 Å². The highest BCUT2D eigenvalue weighted by Crippen LogP contribution is 2.72. The number of hydrogen-bond acceptors (Lipinski definition) is 6. The SMILES string of the molecule is COc1ccc(C(=O)C2C3(C#N)C(=O)NC(=O)C23C#N)cc1. The Labute approximate surface area is 125 Å². The van der Waals surface area contributed by atoms with Gasteiger partial charge >= 0.3 is 0 Å². The lowest BCUT2D eigenvalue weighted by Gasteiger charge is -2.07. The number of nitriles is 2. The number of ketones is 1. The number of ether oxygens (including phenoxy) is 1. The fourth-order valence-electron chi connectivity index (χ4n) is 3.12. The van der Waals surface area contributed by atoms with Gasteiger partial charge in [-0.1, -0.05) is 0 Å². The molecule has 2 atom stereocenters. The molecule has 7 heteroatoms. The Morgan fingerprint density at radius 2 is 1.64 bits per heavy atom. The third kappa shape index (κ3) is 1.26. The van der Waals surface area contributed by atoms with Crippen molar-refractivity contribution in [1.82, 2.24) is 5.32 Å². The van der Waals surface area contributed by atoms with Crippen LogP contribution in [-0.2, 0) is 9.59 Å². The van der Waals surface area contributed by atoms with Crippen LogP contribution in [0.4, 0.5) is 0 Å². The minimum absolute atomic E-state index is 0.213. The number of rotatable bonds is 3. The Morgan fingerprint density at radius 3 is 2.05 bits per heavy atom. The highest BCUT2D eigenvalue weighted by atomic mass is 16.5. The van der Waals surface area contributed by atoms with Gasteiger partial charge in [0.2, 0.25) is 11.8 Å². The number of nitrogens with one attached hydrogen (secondary N) is 1. The minimum Gasteiger partial charge on any atom is -0.497 e. The zero-order valence-corrected chi connectivity index (χ0v) is 11.4. The third-order valence-corrected chi connectivity index (χ3v) is 4.34. The summed E-state index contributed by atoms with van der Waals surface area (Å²) in [5.41, 5.74) is -3.63. The summed E-state index contributed by atoms with van der Waals surface area (Å²) in [7, 11) is 1.47. The van der Waals surface area contributed by atoms with E-state index in [-0.39, 0.29) is 5.56 Å². The molecular weight excluding hydrogens is 286 g/mol. The molecule has 22 heavy (non-hydrogen) atoms. The number of benzene rings is 1. The molecule has 2 aliphatic rings. The lowest BCUT2D eigenvalue weighted by atomic mass is 9.98. The van der Waals surface area contributed by atoms with E-state index in [9.17, 15) is 24.9 Å². The first-order valence-corrected chi connectivity index (χ1v) is 6.36. The molecule has 2 unspecified atom stereocenters. The summed E-state index contributed by atoms with van der Waals surface area (Å²) >= 11 is 0. The Morgan fingerprint density at radius 1 is 1.14 bits per heavy atom. The van der Waals surface area contributed by atoms with Gasteiger partial charge < -0.3 is 4.74 Å². The molecule has 2 amide bonds. The quantitative estimate of drug-likeness (QED) is 0.627. The van der Waals surface area contributed by atoms with Crippen molar-refractivity contribution in [2.45, 2.75) is 0 Å². The topological polar surface area (TPSA) is 120 Å². The summed E-state index contributed by atoms with van der Waals surface area (Å²) in [4.78, 5) is 36.4. The smallest absolute Gasteiger partial charge is 0.250 e. The fraction of sp³-hybridized carbons (Fsp3) is 0.267. The summed E-state index contributed by atoms with van der Waals surface area (Å²) in [6, 6.07) is 9.44. The summed E-state index contributed by atoms with van der Waals surface area (Å²) < 4.78 is 4.98. The molecule has 1 aliphatic heterocycles. The van der Waals surface area contributed by atoms with E-state index in [1.54, 1.807) is 24.3 Å². The van der Waals surface area contributed by atoms with Crippen LogP contribution in [0.3, 0.4) is 0 Å². The van der Waals surface area contributed by atoms with Crippen LogP contribution in [0.1, 0.15) is 10.4 Å². The average Bonchev–Trinajstić information content (AvgIpc) is 3.12. The van der Waals surface area contributed by atoms with Crippen LogP contribution in [0.5, 0.6) is 5.75 Å². The van der Waals surface area contributed by atoms with Gasteiger partial charge in [0.15, 0.2) is 16.6 Å². The molecule has 1 aromatic carbocycles. The molecule has 3 rings (SSSR count). The zero-order chi connectivity index (χ0) is 16.1. The van der Waals surface area contributed by atoms with Crippen molar-refractivity contribution in [2.75, 3.05) is 7.11 Å². The Hall–Kier alpha value is -3.19. The van der Waals surface area contributed by atoms with Gasteiger partial charge in [-0.05, 0) is 24.3 Å².